The van der Waals surface area contributed by atoms with Crippen molar-refractivity contribution in [2.75, 3.05) is 7.05 Å². The van der Waals surface area contributed by atoms with Crippen LogP contribution >= 0.6 is 0 Å². The largest absolute Gasteiger partial charge is 0.317 e. The summed E-state index contributed by atoms with van der Waals surface area (Å²) in [6, 6.07) is 0.746. The van der Waals surface area contributed by atoms with E-state index in [0.29, 0.717) is 5.41 Å². The predicted octanol–water partition coefficient (Wildman–Crippen LogP) is 5.25. The first kappa shape index (κ1) is 17.0. The van der Waals surface area contributed by atoms with E-state index in [2.05, 4.69) is 47.0 Å². The zero-order valence-electron chi connectivity index (χ0n) is 14.3. The minimum atomic E-state index is 0.470. The molecule has 2 unspecified atom stereocenters. The van der Waals surface area contributed by atoms with Crippen molar-refractivity contribution >= 4 is 0 Å². The van der Waals surface area contributed by atoms with Crippen LogP contribution in [0, 0.1) is 23.2 Å². The zero-order chi connectivity index (χ0) is 14.5. The summed E-state index contributed by atoms with van der Waals surface area (Å²) in [5.74, 6) is 2.78. The summed E-state index contributed by atoms with van der Waals surface area (Å²) in [6.45, 7) is 11.9. The normalized spacial score (nSPS) is 28.1. The summed E-state index contributed by atoms with van der Waals surface area (Å²) in [5, 5.41) is 3.62. The van der Waals surface area contributed by atoms with E-state index in [0.717, 1.165) is 23.8 Å². The Morgan fingerprint density at radius 1 is 1.11 bits per heavy atom. The third-order valence-corrected chi connectivity index (χ3v) is 5.03. The van der Waals surface area contributed by atoms with E-state index >= 15 is 0 Å². The van der Waals surface area contributed by atoms with Crippen LogP contribution in [0.25, 0.3) is 0 Å². The molecule has 114 valence electrons. The van der Waals surface area contributed by atoms with Gasteiger partial charge in [-0.25, -0.2) is 0 Å². The fraction of sp³-hybridized carbons (Fsp3) is 1.00. The summed E-state index contributed by atoms with van der Waals surface area (Å²) < 4.78 is 0. The molecule has 19 heavy (non-hydrogen) atoms. The van der Waals surface area contributed by atoms with Gasteiger partial charge in [-0.1, -0.05) is 53.9 Å². The highest BCUT2D eigenvalue weighted by Crippen LogP contribution is 2.35. The topological polar surface area (TPSA) is 12.0 Å². The molecule has 1 heteroatoms. The monoisotopic (exact) mass is 267 g/mol. The second-order valence-electron chi connectivity index (χ2n) is 8.19. The molecule has 0 aromatic carbocycles. The average Bonchev–Trinajstić information content (AvgIpc) is 2.34. The maximum atomic E-state index is 3.62. The number of rotatable bonds is 6. The van der Waals surface area contributed by atoms with Crippen molar-refractivity contribution in [2.24, 2.45) is 23.2 Å². The standard InChI is InChI=1S/C18H37N/c1-7-15-8-10-16(11-9-15)17(19-6)12-14(2)13-18(3,4)5/h14-17,19H,7-13H2,1-6H3. The maximum absolute atomic E-state index is 3.62. The zero-order valence-corrected chi connectivity index (χ0v) is 14.3. The van der Waals surface area contributed by atoms with Gasteiger partial charge in [-0.2, -0.15) is 0 Å². The molecular weight excluding hydrogens is 230 g/mol. The molecule has 0 spiro atoms. The minimum absolute atomic E-state index is 0.470. The van der Waals surface area contributed by atoms with Crippen LogP contribution in [-0.2, 0) is 0 Å². The van der Waals surface area contributed by atoms with Crippen molar-refractivity contribution in [3.63, 3.8) is 0 Å². The third-order valence-electron chi connectivity index (χ3n) is 5.03. The number of hydrogen-bond acceptors (Lipinski definition) is 1. The summed E-state index contributed by atoms with van der Waals surface area (Å²) in [4.78, 5) is 0. The molecule has 1 saturated carbocycles. The maximum Gasteiger partial charge on any atom is 0.00948 e. The SMILES string of the molecule is CCC1CCC(C(CC(C)CC(C)(C)C)NC)CC1. The molecule has 0 aliphatic heterocycles. The molecule has 0 saturated heterocycles. The molecule has 1 aliphatic rings. The Bertz CT molecular complexity index is 233. The fourth-order valence-corrected chi connectivity index (χ4v) is 4.11. The van der Waals surface area contributed by atoms with E-state index in [1.54, 1.807) is 0 Å². The summed E-state index contributed by atoms with van der Waals surface area (Å²) in [5.41, 5.74) is 0.470. The minimum Gasteiger partial charge on any atom is -0.317 e. The van der Waals surface area contributed by atoms with Crippen LogP contribution in [0.4, 0.5) is 0 Å². The molecule has 1 rings (SSSR count). The number of nitrogens with one attached hydrogen (secondary N) is 1. The highest BCUT2D eigenvalue weighted by molar-refractivity contribution is 4.83. The van der Waals surface area contributed by atoms with Gasteiger partial charge in [0.2, 0.25) is 0 Å². The van der Waals surface area contributed by atoms with Crippen molar-refractivity contribution in [2.45, 2.75) is 85.6 Å². The first-order valence-corrected chi connectivity index (χ1v) is 8.53. The van der Waals surface area contributed by atoms with E-state index < -0.39 is 0 Å². The van der Waals surface area contributed by atoms with Gasteiger partial charge in [0.15, 0.2) is 0 Å². The first-order chi connectivity index (χ1) is 8.85. The van der Waals surface area contributed by atoms with E-state index in [1.807, 2.05) is 0 Å². The van der Waals surface area contributed by atoms with Crippen molar-refractivity contribution in [1.29, 1.82) is 0 Å². The van der Waals surface area contributed by atoms with Crippen molar-refractivity contribution in [1.82, 2.24) is 5.32 Å². The molecule has 0 aromatic heterocycles. The van der Waals surface area contributed by atoms with Gasteiger partial charge in [-0.3, -0.25) is 0 Å². The van der Waals surface area contributed by atoms with E-state index in [-0.39, 0.29) is 0 Å². The lowest BCUT2D eigenvalue weighted by Gasteiger charge is -2.35. The van der Waals surface area contributed by atoms with Gasteiger partial charge in [-0.15, -0.1) is 0 Å². The molecule has 1 fully saturated rings. The Morgan fingerprint density at radius 3 is 2.11 bits per heavy atom. The quantitative estimate of drug-likeness (QED) is 0.693. The van der Waals surface area contributed by atoms with Crippen LogP contribution < -0.4 is 5.32 Å². The molecule has 0 aromatic rings. The summed E-state index contributed by atoms with van der Waals surface area (Å²) >= 11 is 0. The van der Waals surface area contributed by atoms with E-state index in [4.69, 9.17) is 0 Å². The molecule has 1 aliphatic carbocycles. The van der Waals surface area contributed by atoms with Gasteiger partial charge >= 0.3 is 0 Å². The number of hydrogen-bond donors (Lipinski definition) is 1. The highest BCUT2D eigenvalue weighted by atomic mass is 14.9. The van der Waals surface area contributed by atoms with Gasteiger partial charge in [0.05, 0.1) is 0 Å². The lowest BCUT2D eigenvalue weighted by Crippen LogP contribution is -2.37. The van der Waals surface area contributed by atoms with Crippen molar-refractivity contribution < 1.29 is 0 Å². The predicted molar refractivity (Wildman–Crippen MR) is 86.4 cm³/mol. The average molecular weight is 268 g/mol. The first-order valence-electron chi connectivity index (χ1n) is 8.53. The van der Waals surface area contributed by atoms with Gasteiger partial charge in [0.25, 0.3) is 0 Å². The van der Waals surface area contributed by atoms with Crippen LogP contribution in [0.1, 0.15) is 79.6 Å². The Balaban J connectivity index is 2.41. The van der Waals surface area contributed by atoms with Crippen LogP contribution in [0.5, 0.6) is 0 Å². The lowest BCUT2D eigenvalue weighted by atomic mass is 9.74. The van der Waals surface area contributed by atoms with Gasteiger partial charge in [0.1, 0.15) is 0 Å². The van der Waals surface area contributed by atoms with Gasteiger partial charge in [0, 0.05) is 6.04 Å². The van der Waals surface area contributed by atoms with Crippen LogP contribution in [0.3, 0.4) is 0 Å². The fourth-order valence-electron chi connectivity index (χ4n) is 4.11. The van der Waals surface area contributed by atoms with Crippen LogP contribution in [0.15, 0.2) is 0 Å². The summed E-state index contributed by atoms with van der Waals surface area (Å²) in [6.07, 6.45) is 9.92. The molecule has 2 atom stereocenters. The smallest absolute Gasteiger partial charge is 0.00948 e. The second-order valence-corrected chi connectivity index (χ2v) is 8.19. The Morgan fingerprint density at radius 2 is 1.68 bits per heavy atom. The van der Waals surface area contributed by atoms with E-state index in [9.17, 15) is 0 Å². The van der Waals surface area contributed by atoms with E-state index in [1.165, 1.54) is 44.9 Å². The third kappa shape index (κ3) is 6.29. The Kier molecular flexibility index (Phi) is 6.86. The second kappa shape index (κ2) is 7.67. The molecule has 0 heterocycles. The van der Waals surface area contributed by atoms with Gasteiger partial charge in [-0.05, 0) is 55.9 Å². The molecule has 0 radical (unpaired) electrons. The highest BCUT2D eigenvalue weighted by Gasteiger charge is 2.28. The Labute approximate surface area is 121 Å². The molecule has 1 N–H and O–H groups in total. The summed E-state index contributed by atoms with van der Waals surface area (Å²) in [7, 11) is 2.17. The molecular formula is C18H37N. The lowest BCUT2D eigenvalue weighted by molar-refractivity contribution is 0.190. The van der Waals surface area contributed by atoms with Crippen molar-refractivity contribution in [3.05, 3.63) is 0 Å². The Hall–Kier alpha value is -0.0400. The molecule has 0 amide bonds. The van der Waals surface area contributed by atoms with Crippen molar-refractivity contribution in [3.8, 4) is 0 Å². The molecule has 1 nitrogen and oxygen atoms in total. The van der Waals surface area contributed by atoms with Crippen LogP contribution in [-0.4, -0.2) is 13.1 Å². The van der Waals surface area contributed by atoms with Crippen LogP contribution in [0.2, 0.25) is 0 Å². The van der Waals surface area contributed by atoms with Gasteiger partial charge < -0.3 is 5.32 Å². The molecule has 0 bridgehead atoms.